The van der Waals surface area contributed by atoms with Crippen molar-refractivity contribution in [1.82, 2.24) is 0 Å². The number of allylic oxidation sites excluding steroid dienone is 8. The van der Waals surface area contributed by atoms with E-state index in [0.29, 0.717) is 0 Å². The summed E-state index contributed by atoms with van der Waals surface area (Å²) < 4.78 is 0. The Kier molecular flexibility index (Phi) is 7.02. The molecule has 1 nitrogen and oxygen atoms in total. The van der Waals surface area contributed by atoms with Crippen LogP contribution in [0.1, 0.15) is 0 Å². The summed E-state index contributed by atoms with van der Waals surface area (Å²) >= 11 is 0. The summed E-state index contributed by atoms with van der Waals surface area (Å²) in [4.78, 5) is 0. The molecule has 0 aliphatic carbocycles. The van der Waals surface area contributed by atoms with Crippen LogP contribution in [0, 0.1) is 0 Å². The topological polar surface area (TPSA) is 12.0 Å². The Morgan fingerprint density at radius 2 is 1.32 bits per heavy atom. The van der Waals surface area contributed by atoms with Crippen molar-refractivity contribution in [2.75, 3.05) is 5.32 Å². The molecular weight excluding hydrogens is 302 g/mol. The van der Waals surface area contributed by atoms with E-state index >= 15 is 0 Å². The van der Waals surface area contributed by atoms with E-state index < -0.39 is 0 Å². The van der Waals surface area contributed by atoms with Crippen molar-refractivity contribution in [3.63, 3.8) is 0 Å². The minimum absolute atomic E-state index is 0.993. The van der Waals surface area contributed by atoms with Gasteiger partial charge in [-0.3, -0.25) is 0 Å². The van der Waals surface area contributed by atoms with E-state index in [2.05, 4.69) is 61.5 Å². The molecule has 0 saturated carbocycles. The highest BCUT2D eigenvalue weighted by atomic mass is 14.8. The van der Waals surface area contributed by atoms with E-state index in [1.165, 1.54) is 11.1 Å². The van der Waals surface area contributed by atoms with Crippen LogP contribution in [0.4, 0.5) is 5.69 Å². The molecule has 0 radical (unpaired) electrons. The SMILES string of the molecule is C=C/C=C(C=C)/C(/C=C\Nc1ccc(-c2ccccc2)cc1)=C/C=C. The summed E-state index contributed by atoms with van der Waals surface area (Å²) in [5.41, 5.74) is 5.45. The first kappa shape index (κ1) is 18.0. The highest BCUT2D eigenvalue weighted by Gasteiger charge is 1.97. The van der Waals surface area contributed by atoms with Crippen LogP contribution in [0.25, 0.3) is 11.1 Å². The molecule has 124 valence electrons. The molecule has 0 amide bonds. The first-order valence-corrected chi connectivity index (χ1v) is 8.15. The van der Waals surface area contributed by atoms with Crippen LogP contribution in [0.5, 0.6) is 0 Å². The molecule has 0 fully saturated rings. The first-order valence-electron chi connectivity index (χ1n) is 8.15. The average Bonchev–Trinajstić information content (AvgIpc) is 2.67. The predicted octanol–water partition coefficient (Wildman–Crippen LogP) is 6.69. The summed E-state index contributed by atoms with van der Waals surface area (Å²) in [6.07, 6.45) is 13.1. The van der Waals surface area contributed by atoms with Gasteiger partial charge in [0.25, 0.3) is 0 Å². The third-order valence-electron chi connectivity index (χ3n) is 3.65. The normalized spacial score (nSPS) is 12.0. The Hall–Kier alpha value is -3.32. The molecule has 2 rings (SSSR count). The Morgan fingerprint density at radius 1 is 0.720 bits per heavy atom. The quantitative estimate of drug-likeness (QED) is 0.533. The van der Waals surface area contributed by atoms with E-state index in [1.54, 1.807) is 18.2 Å². The maximum atomic E-state index is 3.84. The van der Waals surface area contributed by atoms with Crippen LogP contribution in [-0.4, -0.2) is 0 Å². The monoisotopic (exact) mass is 325 g/mol. The zero-order valence-corrected chi connectivity index (χ0v) is 14.4. The summed E-state index contributed by atoms with van der Waals surface area (Å²) in [5, 5.41) is 3.29. The zero-order valence-electron chi connectivity index (χ0n) is 14.4. The van der Waals surface area contributed by atoms with Crippen LogP contribution in [-0.2, 0) is 0 Å². The summed E-state index contributed by atoms with van der Waals surface area (Å²) in [6, 6.07) is 18.7. The molecule has 2 aromatic carbocycles. The zero-order chi connectivity index (χ0) is 17.9. The van der Waals surface area contributed by atoms with Crippen LogP contribution >= 0.6 is 0 Å². The van der Waals surface area contributed by atoms with Gasteiger partial charge >= 0.3 is 0 Å². The molecule has 1 heteroatoms. The maximum absolute atomic E-state index is 3.84. The number of hydrogen-bond acceptors (Lipinski definition) is 1. The molecule has 0 spiro atoms. The Labute approximate surface area is 150 Å². The number of benzene rings is 2. The fraction of sp³-hybridized carbons (Fsp3) is 0. The van der Waals surface area contributed by atoms with E-state index in [-0.39, 0.29) is 0 Å². The molecule has 0 aromatic heterocycles. The molecule has 0 atom stereocenters. The number of anilines is 1. The third kappa shape index (κ3) is 5.36. The van der Waals surface area contributed by atoms with Gasteiger partial charge in [-0.05, 0) is 40.5 Å². The van der Waals surface area contributed by atoms with Crippen molar-refractivity contribution < 1.29 is 0 Å². The fourth-order valence-electron chi connectivity index (χ4n) is 2.40. The van der Waals surface area contributed by atoms with E-state index in [9.17, 15) is 0 Å². The second kappa shape index (κ2) is 9.74. The average molecular weight is 325 g/mol. The van der Waals surface area contributed by atoms with Crippen molar-refractivity contribution in [2.24, 2.45) is 0 Å². The maximum Gasteiger partial charge on any atom is 0.0380 e. The van der Waals surface area contributed by atoms with Crippen LogP contribution < -0.4 is 5.32 Å². The molecule has 0 saturated heterocycles. The van der Waals surface area contributed by atoms with Crippen molar-refractivity contribution in [3.8, 4) is 11.1 Å². The molecule has 25 heavy (non-hydrogen) atoms. The van der Waals surface area contributed by atoms with Gasteiger partial charge in [0, 0.05) is 11.9 Å². The van der Waals surface area contributed by atoms with Crippen LogP contribution in [0.15, 0.2) is 128 Å². The molecule has 0 aliphatic heterocycles. The van der Waals surface area contributed by atoms with E-state index in [4.69, 9.17) is 0 Å². The molecule has 2 aromatic rings. The lowest BCUT2D eigenvalue weighted by Crippen LogP contribution is -1.89. The second-order valence-corrected chi connectivity index (χ2v) is 5.34. The predicted molar refractivity (Wildman–Crippen MR) is 111 cm³/mol. The summed E-state index contributed by atoms with van der Waals surface area (Å²) in [5.74, 6) is 0. The minimum Gasteiger partial charge on any atom is -0.362 e. The van der Waals surface area contributed by atoms with Crippen molar-refractivity contribution in [1.29, 1.82) is 0 Å². The Morgan fingerprint density at radius 3 is 1.92 bits per heavy atom. The van der Waals surface area contributed by atoms with Gasteiger partial charge in [0.05, 0.1) is 0 Å². The third-order valence-corrected chi connectivity index (χ3v) is 3.65. The minimum atomic E-state index is 0.993. The number of nitrogens with one attached hydrogen (secondary N) is 1. The van der Waals surface area contributed by atoms with Gasteiger partial charge in [0.15, 0.2) is 0 Å². The molecule has 0 aliphatic rings. The van der Waals surface area contributed by atoms with E-state index in [0.717, 1.165) is 16.8 Å². The van der Waals surface area contributed by atoms with Gasteiger partial charge in [-0.1, -0.05) is 92.6 Å². The molecule has 0 unspecified atom stereocenters. The lowest BCUT2D eigenvalue weighted by atomic mass is 10.0. The van der Waals surface area contributed by atoms with Gasteiger partial charge in [0.2, 0.25) is 0 Å². The number of hydrogen-bond donors (Lipinski definition) is 1. The molecule has 1 N–H and O–H groups in total. The van der Waals surface area contributed by atoms with Crippen LogP contribution in [0.3, 0.4) is 0 Å². The molecule has 0 heterocycles. The van der Waals surface area contributed by atoms with Gasteiger partial charge < -0.3 is 5.32 Å². The van der Waals surface area contributed by atoms with Crippen molar-refractivity contribution in [2.45, 2.75) is 0 Å². The smallest absolute Gasteiger partial charge is 0.0380 e. The highest BCUT2D eigenvalue weighted by molar-refractivity contribution is 5.66. The highest BCUT2D eigenvalue weighted by Crippen LogP contribution is 2.21. The summed E-state index contributed by atoms with van der Waals surface area (Å²) in [6.45, 7) is 11.3. The van der Waals surface area contributed by atoms with Gasteiger partial charge in [-0.15, -0.1) is 0 Å². The lowest BCUT2D eigenvalue weighted by molar-refractivity contribution is 1.51. The van der Waals surface area contributed by atoms with E-state index in [1.807, 2.05) is 42.6 Å². The fourth-order valence-corrected chi connectivity index (χ4v) is 2.40. The van der Waals surface area contributed by atoms with Gasteiger partial charge in [0.1, 0.15) is 0 Å². The number of rotatable bonds is 8. The molecular formula is C24H23N. The van der Waals surface area contributed by atoms with Crippen LogP contribution in [0.2, 0.25) is 0 Å². The Bertz CT molecular complexity index is 803. The second-order valence-electron chi connectivity index (χ2n) is 5.34. The summed E-state index contributed by atoms with van der Waals surface area (Å²) in [7, 11) is 0. The lowest BCUT2D eigenvalue weighted by Gasteiger charge is -2.06. The van der Waals surface area contributed by atoms with Crippen molar-refractivity contribution in [3.05, 3.63) is 128 Å². The first-order chi connectivity index (χ1) is 12.3. The molecule has 0 bridgehead atoms. The standard InChI is InChI=1S/C24H23N/c1-4-10-20(6-3)21(11-5-2)18-19-25-24-16-14-23(15-17-24)22-12-8-7-9-13-22/h4-19,25H,1-3H2/b19-18-,20-10+,21-11+. The largest absolute Gasteiger partial charge is 0.362 e. The van der Waals surface area contributed by atoms with Gasteiger partial charge in [-0.2, -0.15) is 0 Å². The van der Waals surface area contributed by atoms with Crippen molar-refractivity contribution >= 4 is 5.69 Å². The van der Waals surface area contributed by atoms with Gasteiger partial charge in [-0.25, -0.2) is 0 Å². The Balaban J connectivity index is 2.09.